The molecule has 6 heteroatoms. The van der Waals surface area contributed by atoms with Crippen molar-refractivity contribution >= 4 is 11.9 Å². The molecule has 0 aliphatic carbocycles. The lowest BCUT2D eigenvalue weighted by molar-refractivity contribution is -0.128. The summed E-state index contributed by atoms with van der Waals surface area (Å²) in [6, 6.07) is 8.04. The Morgan fingerprint density at radius 3 is 2.36 bits per heavy atom. The van der Waals surface area contributed by atoms with Gasteiger partial charge in [-0.25, -0.2) is 0 Å². The maximum Gasteiger partial charge on any atom is 0.227 e. The number of rotatable bonds is 8. The lowest BCUT2D eigenvalue weighted by Crippen LogP contribution is -2.48. The van der Waals surface area contributed by atoms with Gasteiger partial charge in [0.25, 0.3) is 0 Å². The second-order valence-electron chi connectivity index (χ2n) is 6.58. The predicted octanol–water partition coefficient (Wildman–Crippen LogP) is 2.25. The van der Waals surface area contributed by atoms with Gasteiger partial charge >= 0.3 is 0 Å². The zero-order valence-electron chi connectivity index (χ0n) is 16.3. The molecule has 0 bridgehead atoms. The molecule has 1 aromatic carbocycles. The van der Waals surface area contributed by atoms with Crippen LogP contribution in [0.4, 0.5) is 0 Å². The van der Waals surface area contributed by atoms with Crippen molar-refractivity contribution in [1.82, 2.24) is 15.5 Å². The van der Waals surface area contributed by atoms with Crippen molar-refractivity contribution in [3.8, 4) is 5.75 Å². The molecule has 0 aliphatic rings. The first-order valence-corrected chi connectivity index (χ1v) is 8.75. The largest absolute Gasteiger partial charge is 0.494 e. The summed E-state index contributed by atoms with van der Waals surface area (Å²) in [6.45, 7) is 10.3. The minimum Gasteiger partial charge on any atom is -0.494 e. The number of hydrogen-bond acceptors (Lipinski definition) is 3. The lowest BCUT2D eigenvalue weighted by atomic mass is 9.92. The summed E-state index contributed by atoms with van der Waals surface area (Å²) in [5.41, 5.74) is 0.656. The van der Waals surface area contributed by atoms with Crippen molar-refractivity contribution in [1.29, 1.82) is 0 Å². The van der Waals surface area contributed by atoms with Crippen molar-refractivity contribution in [2.45, 2.75) is 34.2 Å². The fourth-order valence-corrected chi connectivity index (χ4v) is 2.37. The Morgan fingerprint density at radius 1 is 1.20 bits per heavy atom. The second kappa shape index (κ2) is 9.91. The third-order valence-corrected chi connectivity index (χ3v) is 3.87. The predicted molar refractivity (Wildman–Crippen MR) is 103 cm³/mol. The Hall–Kier alpha value is -2.24. The number of carbonyl (C=O) groups is 1. The molecule has 0 atom stereocenters. The molecule has 0 spiro atoms. The van der Waals surface area contributed by atoms with E-state index in [1.165, 1.54) is 0 Å². The Balaban J connectivity index is 2.62. The van der Waals surface area contributed by atoms with Crippen LogP contribution in [0.5, 0.6) is 5.75 Å². The Bertz CT molecular complexity index is 567. The van der Waals surface area contributed by atoms with Crippen molar-refractivity contribution in [2.75, 3.05) is 33.8 Å². The van der Waals surface area contributed by atoms with Crippen LogP contribution in [0.15, 0.2) is 29.3 Å². The van der Waals surface area contributed by atoms with Gasteiger partial charge < -0.3 is 20.3 Å². The van der Waals surface area contributed by atoms with Crippen LogP contribution >= 0.6 is 0 Å². The van der Waals surface area contributed by atoms with Gasteiger partial charge in [0.2, 0.25) is 5.91 Å². The monoisotopic (exact) mass is 348 g/mol. The molecule has 1 aromatic rings. The van der Waals surface area contributed by atoms with Crippen LogP contribution in [0.3, 0.4) is 0 Å². The highest BCUT2D eigenvalue weighted by atomic mass is 16.5. The van der Waals surface area contributed by atoms with Crippen molar-refractivity contribution in [2.24, 2.45) is 10.4 Å². The molecule has 0 fully saturated rings. The molecular weight excluding hydrogens is 316 g/mol. The Morgan fingerprint density at radius 2 is 1.84 bits per heavy atom. The molecule has 2 N–H and O–H groups in total. The normalized spacial score (nSPS) is 11.8. The molecule has 0 unspecified atom stereocenters. The molecule has 0 saturated heterocycles. The zero-order valence-corrected chi connectivity index (χ0v) is 16.3. The van der Waals surface area contributed by atoms with Crippen molar-refractivity contribution in [3.63, 3.8) is 0 Å². The highest BCUT2D eigenvalue weighted by Gasteiger charge is 2.27. The molecule has 140 valence electrons. The molecule has 0 radical (unpaired) electrons. The minimum atomic E-state index is -0.508. The third-order valence-electron chi connectivity index (χ3n) is 3.87. The quantitative estimate of drug-likeness (QED) is 0.559. The van der Waals surface area contributed by atoms with E-state index in [0.29, 0.717) is 26.2 Å². The maximum atomic E-state index is 12.1. The van der Waals surface area contributed by atoms with Gasteiger partial charge in [0.15, 0.2) is 5.96 Å². The first kappa shape index (κ1) is 20.8. The third kappa shape index (κ3) is 6.64. The summed E-state index contributed by atoms with van der Waals surface area (Å²) >= 11 is 0. The number of amides is 1. The molecule has 6 nitrogen and oxygen atoms in total. The summed E-state index contributed by atoms with van der Waals surface area (Å²) in [6.07, 6.45) is 0. The highest BCUT2D eigenvalue weighted by Crippen LogP contribution is 2.15. The number of ether oxygens (including phenoxy) is 1. The number of hydrogen-bond donors (Lipinski definition) is 2. The van der Waals surface area contributed by atoms with E-state index in [0.717, 1.165) is 17.3 Å². The van der Waals surface area contributed by atoms with E-state index in [9.17, 15) is 4.79 Å². The average Bonchev–Trinajstić information content (AvgIpc) is 2.57. The average molecular weight is 348 g/mol. The van der Waals surface area contributed by atoms with Gasteiger partial charge in [-0.05, 0) is 45.4 Å². The van der Waals surface area contributed by atoms with Crippen LogP contribution in [0, 0.1) is 5.41 Å². The van der Waals surface area contributed by atoms with Gasteiger partial charge in [0, 0.05) is 33.7 Å². The van der Waals surface area contributed by atoms with Crippen LogP contribution in [0.2, 0.25) is 0 Å². The second-order valence-corrected chi connectivity index (χ2v) is 6.58. The molecule has 1 rings (SSSR count). The van der Waals surface area contributed by atoms with Crippen LogP contribution in [-0.2, 0) is 11.3 Å². The van der Waals surface area contributed by atoms with E-state index in [1.807, 2.05) is 63.9 Å². The van der Waals surface area contributed by atoms with Gasteiger partial charge in [-0.15, -0.1) is 0 Å². The number of benzene rings is 1. The summed E-state index contributed by atoms with van der Waals surface area (Å²) in [5.74, 6) is 1.67. The first-order valence-electron chi connectivity index (χ1n) is 8.75. The van der Waals surface area contributed by atoms with Crippen LogP contribution < -0.4 is 15.4 Å². The van der Waals surface area contributed by atoms with Crippen LogP contribution in [0.1, 0.15) is 33.3 Å². The van der Waals surface area contributed by atoms with Gasteiger partial charge in [0.1, 0.15) is 5.75 Å². The summed E-state index contributed by atoms with van der Waals surface area (Å²) in [4.78, 5) is 18.4. The Labute approximate surface area is 151 Å². The van der Waals surface area contributed by atoms with E-state index in [1.54, 1.807) is 7.05 Å². The molecule has 1 amide bonds. The summed E-state index contributed by atoms with van der Waals surface area (Å²) in [5, 5.41) is 6.16. The number of guanidine groups is 1. The van der Waals surface area contributed by atoms with Gasteiger partial charge in [-0.2, -0.15) is 0 Å². The SMILES string of the molecule is CCNC(=O)C(C)(C)CNC(=NC)N(C)Cc1ccc(OCC)cc1. The maximum absolute atomic E-state index is 12.1. The molecule has 0 aliphatic heterocycles. The van der Waals surface area contributed by atoms with Gasteiger partial charge in [-0.3, -0.25) is 9.79 Å². The molecule has 0 heterocycles. The van der Waals surface area contributed by atoms with Gasteiger partial charge in [0.05, 0.1) is 12.0 Å². The summed E-state index contributed by atoms with van der Waals surface area (Å²) < 4.78 is 5.47. The highest BCUT2D eigenvalue weighted by molar-refractivity contribution is 5.84. The van der Waals surface area contributed by atoms with E-state index in [-0.39, 0.29) is 5.91 Å². The van der Waals surface area contributed by atoms with E-state index < -0.39 is 5.41 Å². The number of nitrogens with one attached hydrogen (secondary N) is 2. The smallest absolute Gasteiger partial charge is 0.227 e. The molecular formula is C19H32N4O2. The van der Waals surface area contributed by atoms with Crippen molar-refractivity contribution < 1.29 is 9.53 Å². The fourth-order valence-electron chi connectivity index (χ4n) is 2.37. The first-order chi connectivity index (χ1) is 11.8. The number of nitrogens with zero attached hydrogens (tertiary/aromatic N) is 2. The van der Waals surface area contributed by atoms with E-state index in [2.05, 4.69) is 15.6 Å². The van der Waals surface area contributed by atoms with E-state index in [4.69, 9.17) is 4.74 Å². The fraction of sp³-hybridized carbons (Fsp3) is 0.579. The molecule has 0 aromatic heterocycles. The minimum absolute atomic E-state index is 0.0344. The number of carbonyl (C=O) groups excluding carboxylic acids is 1. The standard InChI is InChI=1S/C19H32N4O2/c1-7-21-17(24)19(3,4)14-22-18(20-5)23(6)13-15-9-11-16(12-10-15)25-8-2/h9-12H,7-8,13-14H2,1-6H3,(H,20,22)(H,21,24). The Kier molecular flexibility index (Phi) is 8.25. The van der Waals surface area contributed by atoms with E-state index >= 15 is 0 Å². The lowest BCUT2D eigenvalue weighted by Gasteiger charge is -2.28. The van der Waals surface area contributed by atoms with Gasteiger partial charge in [-0.1, -0.05) is 12.1 Å². The summed E-state index contributed by atoms with van der Waals surface area (Å²) in [7, 11) is 3.72. The topological polar surface area (TPSA) is 66.0 Å². The van der Waals surface area contributed by atoms with Crippen LogP contribution in [0.25, 0.3) is 0 Å². The van der Waals surface area contributed by atoms with Crippen LogP contribution in [-0.4, -0.2) is 50.6 Å². The zero-order chi connectivity index (χ0) is 18.9. The molecule has 25 heavy (non-hydrogen) atoms. The number of aliphatic imine (C=N–C) groups is 1. The van der Waals surface area contributed by atoms with Crippen molar-refractivity contribution in [3.05, 3.63) is 29.8 Å². The molecule has 0 saturated carbocycles.